The van der Waals surface area contributed by atoms with Gasteiger partial charge in [-0.05, 0) is 19.1 Å². The van der Waals surface area contributed by atoms with Crippen molar-refractivity contribution in [2.45, 2.75) is 6.92 Å². The monoisotopic (exact) mass is 197 g/mol. The number of hydrogen-bond donors (Lipinski definition) is 1. The summed E-state index contributed by atoms with van der Waals surface area (Å²) in [5.74, 6) is 0.417. The third-order valence-corrected chi connectivity index (χ3v) is 2.06. The van der Waals surface area contributed by atoms with Crippen molar-refractivity contribution in [1.29, 1.82) is 0 Å². The summed E-state index contributed by atoms with van der Waals surface area (Å²) in [5, 5.41) is 10.4. The predicted octanol–water partition coefficient (Wildman–Crippen LogP) is -0.206. The first-order chi connectivity index (χ1) is 6.11. The Morgan fingerprint density at radius 1 is 1.54 bits per heavy atom. The molecule has 2 heterocycles. The van der Waals surface area contributed by atoms with Gasteiger partial charge in [0.25, 0.3) is 11.3 Å². The van der Waals surface area contributed by atoms with Crippen LogP contribution in [0.5, 0.6) is 0 Å². The normalized spacial score (nSPS) is 10.9. The SMILES string of the molecule is Cc1nn2c(=S)[nH]nc2n(C)c1=O. The quantitative estimate of drug-likeness (QED) is 0.593. The minimum absolute atomic E-state index is 0.165. The lowest BCUT2D eigenvalue weighted by Gasteiger charge is -1.99. The summed E-state index contributed by atoms with van der Waals surface area (Å²) in [6.45, 7) is 1.64. The third-order valence-electron chi connectivity index (χ3n) is 1.80. The lowest BCUT2D eigenvalue weighted by molar-refractivity contribution is 0.748. The second-order valence-electron chi connectivity index (χ2n) is 2.69. The van der Waals surface area contributed by atoms with E-state index >= 15 is 0 Å². The number of fused-ring (bicyclic) bond motifs is 1. The third kappa shape index (κ3) is 1.00. The summed E-state index contributed by atoms with van der Waals surface area (Å²) < 4.78 is 3.20. The first kappa shape index (κ1) is 8.11. The van der Waals surface area contributed by atoms with Gasteiger partial charge in [0.15, 0.2) is 0 Å². The number of aromatic nitrogens is 5. The van der Waals surface area contributed by atoms with Crippen LogP contribution in [0.2, 0.25) is 0 Å². The van der Waals surface area contributed by atoms with Gasteiger partial charge in [0.1, 0.15) is 5.69 Å². The number of aromatic amines is 1. The largest absolute Gasteiger partial charge is 0.277 e. The van der Waals surface area contributed by atoms with Crippen LogP contribution >= 0.6 is 12.2 Å². The summed E-state index contributed by atoms with van der Waals surface area (Å²) >= 11 is 4.92. The second kappa shape index (κ2) is 2.49. The average molecular weight is 197 g/mol. The maximum Gasteiger partial charge on any atom is 0.276 e. The zero-order valence-corrected chi connectivity index (χ0v) is 7.92. The van der Waals surface area contributed by atoms with E-state index in [2.05, 4.69) is 15.3 Å². The van der Waals surface area contributed by atoms with Crippen LogP contribution in [0.3, 0.4) is 0 Å². The molecule has 13 heavy (non-hydrogen) atoms. The Balaban J connectivity index is 3.14. The molecule has 6 nitrogen and oxygen atoms in total. The predicted molar refractivity (Wildman–Crippen MR) is 48.1 cm³/mol. The molecule has 0 aliphatic rings. The first-order valence-corrected chi connectivity index (χ1v) is 4.03. The van der Waals surface area contributed by atoms with Crippen molar-refractivity contribution in [3.63, 3.8) is 0 Å². The van der Waals surface area contributed by atoms with Crippen LogP contribution in [-0.2, 0) is 7.05 Å². The van der Waals surface area contributed by atoms with Crippen LogP contribution in [0.1, 0.15) is 5.69 Å². The molecule has 0 amide bonds. The fraction of sp³-hybridized carbons (Fsp3) is 0.333. The van der Waals surface area contributed by atoms with Gasteiger partial charge in [0.05, 0.1) is 0 Å². The number of nitrogens with one attached hydrogen (secondary N) is 1. The Bertz CT molecular complexity index is 577. The first-order valence-electron chi connectivity index (χ1n) is 3.62. The van der Waals surface area contributed by atoms with Crippen LogP contribution in [-0.4, -0.2) is 24.4 Å². The van der Waals surface area contributed by atoms with Gasteiger partial charge in [-0.15, -0.1) is 5.10 Å². The molecule has 0 atom stereocenters. The number of H-pyrrole nitrogens is 1. The molecule has 0 saturated heterocycles. The van der Waals surface area contributed by atoms with Crippen LogP contribution in [0.4, 0.5) is 0 Å². The molecule has 2 aromatic heterocycles. The zero-order valence-electron chi connectivity index (χ0n) is 7.11. The Kier molecular flexibility index (Phi) is 1.56. The topological polar surface area (TPSA) is 68.0 Å². The van der Waals surface area contributed by atoms with E-state index < -0.39 is 0 Å². The molecule has 0 radical (unpaired) electrons. The van der Waals surface area contributed by atoms with Gasteiger partial charge in [-0.1, -0.05) is 0 Å². The maximum atomic E-state index is 11.4. The van der Waals surface area contributed by atoms with Gasteiger partial charge in [0, 0.05) is 7.05 Å². The summed E-state index contributed by atoms with van der Waals surface area (Å²) in [7, 11) is 1.63. The van der Waals surface area contributed by atoms with Crippen molar-refractivity contribution >= 4 is 18.0 Å². The Morgan fingerprint density at radius 2 is 2.23 bits per heavy atom. The number of aryl methyl sites for hydroxylation is 2. The molecule has 0 aliphatic heterocycles. The van der Waals surface area contributed by atoms with E-state index in [0.717, 1.165) is 0 Å². The van der Waals surface area contributed by atoms with Crippen molar-refractivity contribution in [2.75, 3.05) is 0 Å². The van der Waals surface area contributed by atoms with Crippen molar-refractivity contribution < 1.29 is 0 Å². The number of hydrogen-bond acceptors (Lipinski definition) is 4. The molecule has 0 aromatic carbocycles. The van der Waals surface area contributed by atoms with Crippen molar-refractivity contribution in [2.24, 2.45) is 7.05 Å². The van der Waals surface area contributed by atoms with Crippen LogP contribution in [0.15, 0.2) is 4.79 Å². The number of rotatable bonds is 0. The summed E-state index contributed by atoms with van der Waals surface area (Å²) in [4.78, 5) is 11.4. The second-order valence-corrected chi connectivity index (χ2v) is 3.08. The van der Waals surface area contributed by atoms with Crippen molar-refractivity contribution in [3.8, 4) is 0 Å². The summed E-state index contributed by atoms with van der Waals surface area (Å²) in [6, 6.07) is 0. The summed E-state index contributed by atoms with van der Waals surface area (Å²) in [5.41, 5.74) is 0.231. The van der Waals surface area contributed by atoms with E-state index in [4.69, 9.17) is 12.2 Å². The van der Waals surface area contributed by atoms with Gasteiger partial charge >= 0.3 is 0 Å². The standard InChI is InChI=1S/C6H7N5OS/c1-3-4(12)10(2)5-7-8-6(13)11(5)9-3/h1-2H3,(H,8,13). The molecule has 0 saturated carbocycles. The van der Waals surface area contributed by atoms with E-state index in [9.17, 15) is 4.79 Å². The van der Waals surface area contributed by atoms with Gasteiger partial charge in [-0.2, -0.15) is 9.61 Å². The molecule has 0 spiro atoms. The Labute approximate surface area is 77.8 Å². The minimum Gasteiger partial charge on any atom is -0.277 e. The zero-order chi connectivity index (χ0) is 9.59. The summed E-state index contributed by atoms with van der Waals surface area (Å²) in [6.07, 6.45) is 0. The average Bonchev–Trinajstić information content (AvgIpc) is 2.45. The highest BCUT2D eigenvalue weighted by Gasteiger charge is 2.06. The molecule has 0 unspecified atom stereocenters. The highest BCUT2D eigenvalue weighted by Crippen LogP contribution is 1.93. The highest BCUT2D eigenvalue weighted by atomic mass is 32.1. The molecule has 1 N–H and O–H groups in total. The molecule has 0 fully saturated rings. The molecular weight excluding hydrogens is 190 g/mol. The molecular formula is C6H7N5OS. The van der Waals surface area contributed by atoms with Gasteiger partial charge in [-0.25, -0.2) is 5.10 Å². The van der Waals surface area contributed by atoms with Gasteiger partial charge < -0.3 is 0 Å². The fourth-order valence-electron chi connectivity index (χ4n) is 1.12. The van der Waals surface area contributed by atoms with Crippen LogP contribution in [0.25, 0.3) is 5.78 Å². The van der Waals surface area contributed by atoms with E-state index in [1.165, 1.54) is 9.08 Å². The molecule has 0 bridgehead atoms. The van der Waals surface area contributed by atoms with Gasteiger partial charge in [-0.3, -0.25) is 9.36 Å². The molecule has 2 rings (SSSR count). The maximum absolute atomic E-state index is 11.4. The molecule has 0 aliphatic carbocycles. The number of nitrogens with zero attached hydrogens (tertiary/aromatic N) is 4. The van der Waals surface area contributed by atoms with E-state index in [0.29, 0.717) is 16.2 Å². The molecule has 2 aromatic rings. The Hall–Kier alpha value is -1.50. The van der Waals surface area contributed by atoms with E-state index in [1.54, 1.807) is 14.0 Å². The minimum atomic E-state index is -0.165. The molecule has 68 valence electrons. The lowest BCUT2D eigenvalue weighted by atomic mass is 10.5. The fourth-order valence-corrected chi connectivity index (χ4v) is 1.29. The van der Waals surface area contributed by atoms with Crippen LogP contribution in [0, 0.1) is 11.7 Å². The molecule has 7 heteroatoms. The van der Waals surface area contributed by atoms with Crippen molar-refractivity contribution in [1.82, 2.24) is 24.4 Å². The highest BCUT2D eigenvalue weighted by molar-refractivity contribution is 7.71. The van der Waals surface area contributed by atoms with Crippen molar-refractivity contribution in [3.05, 3.63) is 20.8 Å². The smallest absolute Gasteiger partial charge is 0.276 e. The van der Waals surface area contributed by atoms with E-state index in [1.807, 2.05) is 0 Å². The Morgan fingerprint density at radius 3 is 2.92 bits per heavy atom. The van der Waals surface area contributed by atoms with Gasteiger partial charge in [0.2, 0.25) is 4.77 Å². The van der Waals surface area contributed by atoms with Crippen LogP contribution < -0.4 is 5.56 Å². The lowest BCUT2D eigenvalue weighted by Crippen LogP contribution is -2.24. The van der Waals surface area contributed by atoms with E-state index in [-0.39, 0.29) is 5.56 Å².